The van der Waals surface area contributed by atoms with Crippen molar-refractivity contribution in [3.63, 3.8) is 0 Å². The summed E-state index contributed by atoms with van der Waals surface area (Å²) in [4.78, 5) is 13.5. The molecule has 0 spiro atoms. The van der Waals surface area contributed by atoms with Crippen molar-refractivity contribution >= 4 is 11.5 Å². The lowest BCUT2D eigenvalue weighted by molar-refractivity contribution is 0.242. The minimum absolute atomic E-state index is 0.135. The fourth-order valence-electron chi connectivity index (χ4n) is 3.04. The summed E-state index contributed by atoms with van der Waals surface area (Å²) in [6.07, 6.45) is 8.53. The molecule has 7 heteroatoms. The molecule has 0 saturated carbocycles. The molecule has 0 bridgehead atoms. The van der Waals surface area contributed by atoms with Gasteiger partial charge in [0.15, 0.2) is 0 Å². The molecule has 4 heterocycles. The third kappa shape index (κ3) is 3.41. The van der Waals surface area contributed by atoms with E-state index < -0.39 is 0 Å². The number of aromatic nitrogens is 4. The van der Waals surface area contributed by atoms with Crippen LogP contribution in [-0.4, -0.2) is 44.6 Å². The lowest BCUT2D eigenvalue weighted by Crippen LogP contribution is -2.22. The van der Waals surface area contributed by atoms with E-state index in [-0.39, 0.29) is 6.10 Å². The standard InChI is InChI=1S/C18H22N6O/c1-12(2)25-14-4-6-24-16(10-21-18(24)7-14)15-9-20-11-17(23-15)22-13-3-5-19-8-13/h4,6-7,9-13,19H,3,5,8H2,1-2H3,(H,22,23). The second-order valence-electron chi connectivity index (χ2n) is 6.52. The lowest BCUT2D eigenvalue weighted by Gasteiger charge is -2.12. The maximum Gasteiger partial charge on any atom is 0.145 e. The van der Waals surface area contributed by atoms with Gasteiger partial charge in [0.1, 0.15) is 22.9 Å². The Hall–Kier alpha value is -2.67. The minimum atomic E-state index is 0.135. The van der Waals surface area contributed by atoms with E-state index in [0.29, 0.717) is 6.04 Å². The second-order valence-corrected chi connectivity index (χ2v) is 6.52. The Morgan fingerprint density at radius 1 is 1.32 bits per heavy atom. The zero-order valence-corrected chi connectivity index (χ0v) is 14.4. The van der Waals surface area contributed by atoms with Crippen LogP contribution in [0.25, 0.3) is 17.0 Å². The average molecular weight is 338 g/mol. The van der Waals surface area contributed by atoms with Gasteiger partial charge in [-0.15, -0.1) is 0 Å². The molecule has 1 fully saturated rings. The Morgan fingerprint density at radius 2 is 2.24 bits per heavy atom. The Morgan fingerprint density at radius 3 is 3.04 bits per heavy atom. The summed E-state index contributed by atoms with van der Waals surface area (Å²) in [5.41, 5.74) is 2.53. The van der Waals surface area contributed by atoms with Crippen molar-refractivity contribution in [3.8, 4) is 17.1 Å². The van der Waals surface area contributed by atoms with Gasteiger partial charge in [-0.1, -0.05) is 0 Å². The summed E-state index contributed by atoms with van der Waals surface area (Å²) < 4.78 is 7.73. The number of nitrogens with zero attached hydrogens (tertiary/aromatic N) is 4. The number of imidazole rings is 1. The van der Waals surface area contributed by atoms with Crippen LogP contribution in [-0.2, 0) is 0 Å². The van der Waals surface area contributed by atoms with Crippen molar-refractivity contribution in [1.82, 2.24) is 24.7 Å². The Balaban J connectivity index is 1.62. The molecular formula is C18H22N6O. The SMILES string of the molecule is CC(C)Oc1ccn2c(-c3cncc(NC4CCNC4)n3)cnc2c1. The highest BCUT2D eigenvalue weighted by molar-refractivity contribution is 5.61. The van der Waals surface area contributed by atoms with Crippen LogP contribution in [0.2, 0.25) is 0 Å². The van der Waals surface area contributed by atoms with Gasteiger partial charge in [-0.2, -0.15) is 0 Å². The van der Waals surface area contributed by atoms with Gasteiger partial charge in [-0.05, 0) is 32.9 Å². The topological polar surface area (TPSA) is 76.4 Å². The van der Waals surface area contributed by atoms with Crippen LogP contribution in [0.4, 0.5) is 5.82 Å². The molecule has 3 aromatic rings. The van der Waals surface area contributed by atoms with Gasteiger partial charge in [0.2, 0.25) is 0 Å². The number of hydrogen-bond donors (Lipinski definition) is 2. The molecule has 0 amide bonds. The number of anilines is 1. The lowest BCUT2D eigenvalue weighted by atomic mass is 10.2. The van der Waals surface area contributed by atoms with Crippen LogP contribution in [0.1, 0.15) is 20.3 Å². The fraction of sp³-hybridized carbons (Fsp3) is 0.389. The highest BCUT2D eigenvalue weighted by Crippen LogP contribution is 2.23. The van der Waals surface area contributed by atoms with E-state index in [1.165, 1.54) is 0 Å². The molecule has 2 N–H and O–H groups in total. The Bertz CT molecular complexity index is 869. The van der Waals surface area contributed by atoms with Crippen molar-refractivity contribution in [2.24, 2.45) is 0 Å². The molecule has 0 aliphatic carbocycles. The third-order valence-corrected chi connectivity index (χ3v) is 4.17. The third-order valence-electron chi connectivity index (χ3n) is 4.17. The molecule has 1 saturated heterocycles. The number of pyridine rings is 1. The normalized spacial score (nSPS) is 17.3. The number of rotatable bonds is 5. The first kappa shape index (κ1) is 15.8. The number of hydrogen-bond acceptors (Lipinski definition) is 6. The van der Waals surface area contributed by atoms with E-state index >= 15 is 0 Å². The fourth-order valence-corrected chi connectivity index (χ4v) is 3.04. The summed E-state index contributed by atoms with van der Waals surface area (Å²) in [6.45, 7) is 6.02. The molecule has 7 nitrogen and oxygen atoms in total. The Kier molecular flexibility index (Phi) is 4.23. The summed E-state index contributed by atoms with van der Waals surface area (Å²) in [5, 5.41) is 6.78. The molecule has 25 heavy (non-hydrogen) atoms. The first-order chi connectivity index (χ1) is 12.2. The van der Waals surface area contributed by atoms with Crippen molar-refractivity contribution < 1.29 is 4.74 Å². The molecule has 0 aromatic carbocycles. The molecule has 1 atom stereocenters. The maximum atomic E-state index is 5.73. The van der Waals surface area contributed by atoms with Gasteiger partial charge >= 0.3 is 0 Å². The average Bonchev–Trinajstić information content (AvgIpc) is 3.23. The van der Waals surface area contributed by atoms with Gasteiger partial charge in [0.05, 0.1) is 30.4 Å². The largest absolute Gasteiger partial charge is 0.491 e. The van der Waals surface area contributed by atoms with E-state index in [4.69, 9.17) is 9.72 Å². The summed E-state index contributed by atoms with van der Waals surface area (Å²) in [6, 6.07) is 4.28. The van der Waals surface area contributed by atoms with Crippen LogP contribution < -0.4 is 15.4 Å². The quantitative estimate of drug-likeness (QED) is 0.744. The monoisotopic (exact) mass is 338 g/mol. The van der Waals surface area contributed by atoms with Crippen LogP contribution in [0.3, 0.4) is 0 Å². The highest BCUT2D eigenvalue weighted by Gasteiger charge is 2.15. The number of ether oxygens (including phenoxy) is 1. The van der Waals surface area contributed by atoms with Gasteiger partial charge in [-0.3, -0.25) is 9.38 Å². The summed E-state index contributed by atoms with van der Waals surface area (Å²) >= 11 is 0. The first-order valence-electron chi connectivity index (χ1n) is 8.62. The van der Waals surface area contributed by atoms with Gasteiger partial charge in [-0.25, -0.2) is 9.97 Å². The highest BCUT2D eigenvalue weighted by atomic mass is 16.5. The van der Waals surface area contributed by atoms with Crippen LogP contribution >= 0.6 is 0 Å². The predicted molar refractivity (Wildman–Crippen MR) is 96.9 cm³/mol. The smallest absolute Gasteiger partial charge is 0.145 e. The van der Waals surface area contributed by atoms with Crippen molar-refractivity contribution in [3.05, 3.63) is 36.9 Å². The molecule has 4 rings (SSSR count). The molecule has 0 radical (unpaired) electrons. The summed E-state index contributed by atoms with van der Waals surface area (Å²) in [5.74, 6) is 1.61. The first-order valence-corrected chi connectivity index (χ1v) is 8.62. The van der Waals surface area contributed by atoms with Gasteiger partial charge in [0, 0.05) is 24.8 Å². The van der Waals surface area contributed by atoms with Gasteiger partial charge < -0.3 is 15.4 Å². The van der Waals surface area contributed by atoms with Crippen molar-refractivity contribution in [2.75, 3.05) is 18.4 Å². The molecule has 1 aliphatic rings. The maximum absolute atomic E-state index is 5.73. The minimum Gasteiger partial charge on any atom is -0.491 e. The number of nitrogens with one attached hydrogen (secondary N) is 2. The Labute approximate surface area is 146 Å². The van der Waals surface area contributed by atoms with E-state index in [2.05, 4.69) is 20.6 Å². The zero-order valence-electron chi connectivity index (χ0n) is 14.4. The van der Waals surface area contributed by atoms with E-state index in [1.54, 1.807) is 12.4 Å². The van der Waals surface area contributed by atoms with Crippen LogP contribution in [0.5, 0.6) is 5.75 Å². The van der Waals surface area contributed by atoms with Crippen molar-refractivity contribution in [2.45, 2.75) is 32.4 Å². The zero-order chi connectivity index (χ0) is 17.2. The van der Waals surface area contributed by atoms with Crippen LogP contribution in [0.15, 0.2) is 36.9 Å². The molecule has 1 unspecified atom stereocenters. The van der Waals surface area contributed by atoms with Crippen molar-refractivity contribution in [1.29, 1.82) is 0 Å². The summed E-state index contributed by atoms with van der Waals surface area (Å²) in [7, 11) is 0. The van der Waals surface area contributed by atoms with Crippen LogP contribution in [0, 0.1) is 0 Å². The molecule has 1 aliphatic heterocycles. The van der Waals surface area contributed by atoms with Gasteiger partial charge in [0.25, 0.3) is 0 Å². The molecule has 3 aromatic heterocycles. The van der Waals surface area contributed by atoms with E-state index in [9.17, 15) is 0 Å². The van der Waals surface area contributed by atoms with E-state index in [1.807, 2.05) is 42.8 Å². The predicted octanol–water partition coefficient (Wildman–Crippen LogP) is 2.35. The molecule has 130 valence electrons. The second kappa shape index (κ2) is 6.68. The van der Waals surface area contributed by atoms with E-state index in [0.717, 1.165) is 48.1 Å². The number of fused-ring (bicyclic) bond motifs is 1. The molecular weight excluding hydrogens is 316 g/mol.